The molecule has 308 valence electrons. The van der Waals surface area contributed by atoms with Crippen LogP contribution in [0.5, 0.6) is 5.75 Å². The van der Waals surface area contributed by atoms with Gasteiger partial charge in [-0.15, -0.1) is 0 Å². The molecule has 21 heteroatoms. The van der Waals surface area contributed by atoms with Gasteiger partial charge in [0.1, 0.15) is 36.0 Å². The van der Waals surface area contributed by atoms with Crippen LogP contribution in [0.3, 0.4) is 0 Å². The molecular weight excluding hydrogens is 726 g/mol. The average molecular weight is 782 g/mol. The minimum Gasteiger partial charge on any atom is -0.508 e. The number of rotatable bonds is 23. The summed E-state index contributed by atoms with van der Waals surface area (Å²) in [5.74, 6) is -8.52. The number of carbonyl (C=O) groups is 8. The number of aliphatic carboxylic acids is 3. The summed E-state index contributed by atoms with van der Waals surface area (Å²) >= 11 is 0. The highest BCUT2D eigenvalue weighted by molar-refractivity contribution is 5.97. The van der Waals surface area contributed by atoms with Crippen molar-refractivity contribution in [3.63, 3.8) is 0 Å². The number of unbranched alkanes of at least 4 members (excludes halogenated alkanes) is 1. The third-order valence-electron chi connectivity index (χ3n) is 7.47. The van der Waals surface area contributed by atoms with E-state index in [1.807, 2.05) is 0 Å². The molecule has 21 nitrogen and oxygen atoms in total. The van der Waals surface area contributed by atoms with Gasteiger partial charge in [-0.25, -0.2) is 4.79 Å². The van der Waals surface area contributed by atoms with Crippen LogP contribution in [-0.2, 0) is 44.8 Å². The summed E-state index contributed by atoms with van der Waals surface area (Å²) in [7, 11) is 0. The second-order valence-corrected chi connectivity index (χ2v) is 12.7. The van der Waals surface area contributed by atoms with Gasteiger partial charge in [-0.2, -0.15) is 0 Å². The highest BCUT2D eigenvalue weighted by Gasteiger charge is 2.34. The number of carboxylic acids is 3. The number of hydrogen-bond acceptors (Lipinski definition) is 11. The Morgan fingerprint density at radius 1 is 0.691 bits per heavy atom. The van der Waals surface area contributed by atoms with Gasteiger partial charge < -0.3 is 64.2 Å². The normalized spacial score (nSPS) is 13.2. The fraction of sp³-hybridized carbons (Fsp3) is 0.559. The van der Waals surface area contributed by atoms with Crippen molar-refractivity contribution >= 4 is 53.4 Å². The van der Waals surface area contributed by atoms with Crippen molar-refractivity contribution in [1.29, 1.82) is 0 Å². The molecule has 1 rings (SSSR count). The van der Waals surface area contributed by atoms with Gasteiger partial charge in [0.25, 0.3) is 5.97 Å². The lowest BCUT2D eigenvalue weighted by atomic mass is 10.0. The molecule has 0 unspecified atom stereocenters. The minimum atomic E-state index is -1.71. The van der Waals surface area contributed by atoms with Crippen LogP contribution in [0.2, 0.25) is 0 Å². The Labute approximate surface area is 318 Å². The third kappa shape index (κ3) is 22.0. The Kier molecular flexibility index (Phi) is 23.1. The first-order chi connectivity index (χ1) is 25.7. The number of nitrogens with zero attached hydrogens (tertiary/aromatic N) is 1. The fourth-order valence-corrected chi connectivity index (χ4v) is 4.83. The molecule has 0 aliphatic rings. The molecule has 0 saturated carbocycles. The molecule has 55 heavy (non-hydrogen) atoms. The van der Waals surface area contributed by atoms with Crippen molar-refractivity contribution in [2.24, 2.45) is 28.1 Å². The highest BCUT2D eigenvalue weighted by atomic mass is 16.4. The molecule has 1 aromatic rings. The van der Waals surface area contributed by atoms with Gasteiger partial charge in [0, 0.05) is 26.8 Å². The molecule has 15 N–H and O–H groups in total. The molecule has 0 bridgehead atoms. The summed E-state index contributed by atoms with van der Waals surface area (Å²) in [6.07, 6.45) is 0.257. The van der Waals surface area contributed by atoms with Crippen molar-refractivity contribution < 1.29 is 58.8 Å². The van der Waals surface area contributed by atoms with E-state index in [0.29, 0.717) is 24.8 Å². The van der Waals surface area contributed by atoms with Crippen LogP contribution >= 0.6 is 0 Å². The maximum absolute atomic E-state index is 13.5. The van der Waals surface area contributed by atoms with Crippen LogP contribution in [0.15, 0.2) is 29.3 Å². The summed E-state index contributed by atoms with van der Waals surface area (Å²) in [4.78, 5) is 102. The SMILES string of the molecule is CC(=O)N[C@@H](CCCN=C(N)N)C(=O)N[C@@H](CCCCN)C(=O)N[C@@H](CC(=O)O)C(=O)N[C@H](C(=O)N[C@@H](Cc1ccc(O)cc1)C(=O)O)C(C)C.CC(=O)O. The van der Waals surface area contributed by atoms with Gasteiger partial charge in [0.05, 0.1) is 6.42 Å². The summed E-state index contributed by atoms with van der Waals surface area (Å²) in [5, 5.41) is 48.4. The van der Waals surface area contributed by atoms with E-state index in [2.05, 4.69) is 31.6 Å². The van der Waals surface area contributed by atoms with E-state index >= 15 is 0 Å². The molecule has 1 aromatic carbocycles. The van der Waals surface area contributed by atoms with E-state index in [1.54, 1.807) is 13.8 Å². The summed E-state index contributed by atoms with van der Waals surface area (Å²) < 4.78 is 0. The number of benzene rings is 1. The van der Waals surface area contributed by atoms with E-state index in [-0.39, 0.29) is 44.1 Å². The zero-order valence-corrected chi connectivity index (χ0v) is 31.4. The molecule has 5 amide bonds. The van der Waals surface area contributed by atoms with Crippen LogP contribution < -0.4 is 43.8 Å². The van der Waals surface area contributed by atoms with Gasteiger partial charge in [0.2, 0.25) is 29.5 Å². The highest BCUT2D eigenvalue weighted by Crippen LogP contribution is 2.13. The third-order valence-corrected chi connectivity index (χ3v) is 7.47. The number of hydrogen-bond donors (Lipinski definition) is 12. The number of phenolic OH excluding ortho intramolecular Hbond substituents is 1. The average Bonchev–Trinajstić information content (AvgIpc) is 3.07. The Hall–Kier alpha value is -5.99. The summed E-state index contributed by atoms with van der Waals surface area (Å²) in [5.41, 5.74) is 16.7. The fourth-order valence-electron chi connectivity index (χ4n) is 4.83. The van der Waals surface area contributed by atoms with E-state index in [9.17, 15) is 48.9 Å². The van der Waals surface area contributed by atoms with E-state index in [0.717, 1.165) is 6.92 Å². The zero-order valence-electron chi connectivity index (χ0n) is 31.4. The lowest BCUT2D eigenvalue weighted by Gasteiger charge is -2.27. The van der Waals surface area contributed by atoms with Gasteiger partial charge in [-0.1, -0.05) is 26.0 Å². The van der Waals surface area contributed by atoms with Gasteiger partial charge >= 0.3 is 11.9 Å². The topological polar surface area (TPSA) is 368 Å². The summed E-state index contributed by atoms with van der Waals surface area (Å²) in [6, 6.07) is -1.14. The number of nitrogens with one attached hydrogen (secondary N) is 5. The number of phenols is 1. The zero-order chi connectivity index (χ0) is 42.2. The number of aliphatic imine (C=N–C) groups is 1. The number of aromatic hydroxyl groups is 1. The predicted octanol–water partition coefficient (Wildman–Crippen LogP) is -2.13. The van der Waals surface area contributed by atoms with Gasteiger partial charge in [-0.3, -0.25) is 38.6 Å². The number of amides is 5. The van der Waals surface area contributed by atoms with E-state index in [1.165, 1.54) is 31.2 Å². The van der Waals surface area contributed by atoms with Gasteiger partial charge in [0.15, 0.2) is 5.96 Å². The Morgan fingerprint density at radius 3 is 1.65 bits per heavy atom. The largest absolute Gasteiger partial charge is 0.508 e. The number of guanidine groups is 1. The Balaban J connectivity index is 0.00000692. The second kappa shape index (κ2) is 25.9. The van der Waals surface area contributed by atoms with Crippen molar-refractivity contribution in [1.82, 2.24) is 26.6 Å². The molecule has 5 atom stereocenters. The van der Waals surface area contributed by atoms with Crippen molar-refractivity contribution in [3.05, 3.63) is 29.8 Å². The van der Waals surface area contributed by atoms with Crippen LogP contribution in [0.25, 0.3) is 0 Å². The number of carbonyl (C=O) groups excluding carboxylic acids is 5. The smallest absolute Gasteiger partial charge is 0.326 e. The first kappa shape index (κ1) is 49.0. The predicted molar refractivity (Wildman–Crippen MR) is 198 cm³/mol. The first-order valence-corrected chi connectivity index (χ1v) is 17.3. The quantitative estimate of drug-likeness (QED) is 0.0320. The molecular formula is C34H55N9O12. The maximum Gasteiger partial charge on any atom is 0.326 e. The molecule has 0 aliphatic carbocycles. The molecule has 0 heterocycles. The van der Waals surface area contributed by atoms with Crippen LogP contribution in [0, 0.1) is 5.92 Å². The molecule has 0 radical (unpaired) electrons. The minimum absolute atomic E-state index is 0.0327. The van der Waals surface area contributed by atoms with Crippen LogP contribution in [0.1, 0.15) is 71.8 Å². The molecule has 0 saturated heterocycles. The second-order valence-electron chi connectivity index (χ2n) is 12.7. The van der Waals surface area contributed by atoms with Crippen molar-refractivity contribution in [2.75, 3.05) is 13.1 Å². The monoisotopic (exact) mass is 781 g/mol. The van der Waals surface area contributed by atoms with Crippen molar-refractivity contribution in [3.8, 4) is 5.75 Å². The van der Waals surface area contributed by atoms with Crippen LogP contribution in [-0.4, -0.2) is 117 Å². The number of carboxylic acid groups (broad SMARTS) is 3. The maximum atomic E-state index is 13.5. The first-order valence-electron chi connectivity index (χ1n) is 17.3. The Morgan fingerprint density at radius 2 is 1.18 bits per heavy atom. The standard InChI is InChI=1S/C32H51N9O10.C2H4O2/c1-17(2)26(30(49)40-24(31(50)51)15-19-9-11-20(43)12-10-19)41-29(48)23(16-25(44)45)39-28(47)22(7-4-5-13-33)38-27(46)21(37-18(3)42)8-6-14-36-32(34)35;1-2(3)4/h9-12,17,21-24,26,43H,4-8,13-16,33H2,1-3H3,(H,37,42)(H,38,46)(H,39,47)(H,40,49)(H,41,48)(H,44,45)(H,50,51)(H4,34,35,36);1H3,(H,3,4)/t21-,22-,23-,24-,26-;/m0./s1. The lowest BCUT2D eigenvalue weighted by Crippen LogP contribution is -2.60. The van der Waals surface area contributed by atoms with Crippen LogP contribution in [0.4, 0.5) is 0 Å². The summed E-state index contributed by atoms with van der Waals surface area (Å²) in [6.45, 7) is 5.87. The molecule has 0 aromatic heterocycles. The van der Waals surface area contributed by atoms with E-state index < -0.39 is 90.0 Å². The lowest BCUT2D eigenvalue weighted by molar-refractivity contribution is -0.143. The molecule has 0 aliphatic heterocycles. The molecule has 0 fully saturated rings. The Bertz CT molecular complexity index is 1480. The van der Waals surface area contributed by atoms with E-state index in [4.69, 9.17) is 27.1 Å². The van der Waals surface area contributed by atoms with Crippen molar-refractivity contribution in [2.45, 2.75) is 103 Å². The molecule has 0 spiro atoms. The number of nitrogens with two attached hydrogens (primary N) is 3. The van der Waals surface area contributed by atoms with Gasteiger partial charge in [-0.05, 0) is 62.3 Å².